The number of ether oxygens (including phenoxy) is 2. The van der Waals surface area contributed by atoms with Crippen LogP contribution in [0.4, 0.5) is 0 Å². The minimum absolute atomic E-state index is 0.345. The summed E-state index contributed by atoms with van der Waals surface area (Å²) in [6.07, 6.45) is 0. The third-order valence-electron chi connectivity index (χ3n) is 2.84. The van der Waals surface area contributed by atoms with Crippen LogP contribution in [0.2, 0.25) is 0 Å². The molecule has 0 aliphatic heterocycles. The zero-order valence-electron chi connectivity index (χ0n) is 11.1. The van der Waals surface area contributed by atoms with Crippen LogP contribution >= 0.6 is 15.9 Å². The summed E-state index contributed by atoms with van der Waals surface area (Å²) in [6.45, 7) is 1.04. The van der Waals surface area contributed by atoms with E-state index in [2.05, 4.69) is 20.7 Å². The Balaban J connectivity index is 1.95. The smallest absolute Gasteiger partial charge is 0.337 e. The number of carbonyl (C=O) groups is 1. The fraction of sp³-hybridized carbons (Fsp3) is 0.188. The van der Waals surface area contributed by atoms with Crippen LogP contribution in [-0.2, 0) is 22.7 Å². The molecular weight excluding hydrogens is 320 g/mol. The van der Waals surface area contributed by atoms with E-state index >= 15 is 0 Å². The van der Waals surface area contributed by atoms with Crippen molar-refractivity contribution in [3.63, 3.8) is 0 Å². The molecule has 0 N–H and O–H groups in total. The third kappa shape index (κ3) is 3.92. The lowest BCUT2D eigenvalue weighted by Crippen LogP contribution is -2.02. The van der Waals surface area contributed by atoms with Crippen molar-refractivity contribution >= 4 is 21.9 Å². The molecule has 0 fully saturated rings. The predicted octanol–water partition coefficient (Wildman–Crippen LogP) is 3.95. The fourth-order valence-electron chi connectivity index (χ4n) is 1.76. The molecule has 0 saturated carbocycles. The summed E-state index contributed by atoms with van der Waals surface area (Å²) in [7, 11) is 1.37. The Morgan fingerprint density at radius 1 is 1.10 bits per heavy atom. The van der Waals surface area contributed by atoms with Crippen LogP contribution in [0.25, 0.3) is 0 Å². The van der Waals surface area contributed by atoms with E-state index in [-0.39, 0.29) is 5.97 Å². The summed E-state index contributed by atoms with van der Waals surface area (Å²) in [4.78, 5) is 11.4. The van der Waals surface area contributed by atoms with Crippen LogP contribution in [-0.4, -0.2) is 13.1 Å². The molecule has 2 aromatic rings. The number of hydrogen-bond acceptors (Lipinski definition) is 3. The van der Waals surface area contributed by atoms with Crippen LogP contribution in [0.3, 0.4) is 0 Å². The molecule has 0 aromatic heterocycles. The zero-order valence-corrected chi connectivity index (χ0v) is 12.7. The SMILES string of the molecule is COC(=O)c1ccc(COCc2ccccc2)c(Br)c1. The summed E-state index contributed by atoms with van der Waals surface area (Å²) in [5.74, 6) is -0.345. The number of rotatable bonds is 5. The molecule has 2 rings (SSSR count). The van der Waals surface area contributed by atoms with Crippen LogP contribution in [0.1, 0.15) is 21.5 Å². The first-order chi connectivity index (χ1) is 9.70. The van der Waals surface area contributed by atoms with Gasteiger partial charge in [-0.05, 0) is 23.3 Å². The standard InChI is InChI=1S/C16H15BrO3/c1-19-16(18)13-7-8-14(15(17)9-13)11-20-10-12-5-3-2-4-6-12/h2-9H,10-11H2,1H3. The summed E-state index contributed by atoms with van der Waals surface area (Å²) >= 11 is 3.44. The van der Waals surface area contributed by atoms with Gasteiger partial charge in [0.25, 0.3) is 0 Å². The van der Waals surface area contributed by atoms with Gasteiger partial charge in [-0.1, -0.05) is 52.3 Å². The van der Waals surface area contributed by atoms with E-state index in [1.165, 1.54) is 7.11 Å². The van der Waals surface area contributed by atoms with E-state index in [4.69, 9.17) is 4.74 Å². The van der Waals surface area contributed by atoms with Crippen molar-refractivity contribution in [1.29, 1.82) is 0 Å². The fourth-order valence-corrected chi connectivity index (χ4v) is 2.26. The Labute approximate surface area is 126 Å². The molecule has 0 amide bonds. The number of esters is 1. The Kier molecular flexibility index (Phi) is 5.32. The highest BCUT2D eigenvalue weighted by Gasteiger charge is 2.08. The molecular formula is C16H15BrO3. The van der Waals surface area contributed by atoms with E-state index in [9.17, 15) is 4.79 Å². The van der Waals surface area contributed by atoms with Crippen molar-refractivity contribution in [1.82, 2.24) is 0 Å². The van der Waals surface area contributed by atoms with E-state index in [0.29, 0.717) is 18.8 Å². The first-order valence-electron chi connectivity index (χ1n) is 6.19. The first-order valence-corrected chi connectivity index (χ1v) is 6.98. The minimum atomic E-state index is -0.345. The van der Waals surface area contributed by atoms with Gasteiger partial charge in [-0.2, -0.15) is 0 Å². The number of methoxy groups -OCH3 is 1. The van der Waals surface area contributed by atoms with E-state index in [0.717, 1.165) is 15.6 Å². The molecule has 4 heteroatoms. The van der Waals surface area contributed by atoms with Crippen molar-refractivity contribution in [3.05, 3.63) is 69.7 Å². The largest absolute Gasteiger partial charge is 0.465 e. The third-order valence-corrected chi connectivity index (χ3v) is 3.58. The normalized spacial score (nSPS) is 10.3. The van der Waals surface area contributed by atoms with Crippen molar-refractivity contribution in [2.24, 2.45) is 0 Å². The molecule has 0 heterocycles. The average molecular weight is 335 g/mol. The van der Waals surface area contributed by atoms with Crippen molar-refractivity contribution < 1.29 is 14.3 Å². The number of benzene rings is 2. The second-order valence-electron chi connectivity index (χ2n) is 4.28. The average Bonchev–Trinajstić information content (AvgIpc) is 2.49. The summed E-state index contributed by atoms with van der Waals surface area (Å²) in [6, 6.07) is 15.3. The van der Waals surface area contributed by atoms with Gasteiger partial charge >= 0.3 is 5.97 Å². The first kappa shape index (κ1) is 14.8. The van der Waals surface area contributed by atoms with Crippen molar-refractivity contribution in [3.8, 4) is 0 Å². The molecule has 0 bridgehead atoms. The maximum atomic E-state index is 11.4. The Morgan fingerprint density at radius 3 is 2.50 bits per heavy atom. The van der Waals surface area contributed by atoms with Crippen LogP contribution in [0.15, 0.2) is 53.0 Å². The van der Waals surface area contributed by atoms with Gasteiger partial charge in [-0.3, -0.25) is 0 Å². The second kappa shape index (κ2) is 7.22. The van der Waals surface area contributed by atoms with Gasteiger partial charge in [-0.15, -0.1) is 0 Å². The highest BCUT2D eigenvalue weighted by atomic mass is 79.9. The quantitative estimate of drug-likeness (QED) is 0.776. The van der Waals surface area contributed by atoms with Gasteiger partial charge in [0.1, 0.15) is 0 Å². The Bertz CT molecular complexity index is 582. The summed E-state index contributed by atoms with van der Waals surface area (Å²) < 4.78 is 11.2. The molecule has 0 radical (unpaired) electrons. The van der Waals surface area contributed by atoms with Crippen molar-refractivity contribution in [2.45, 2.75) is 13.2 Å². The lowest BCUT2D eigenvalue weighted by atomic mass is 10.1. The van der Waals surface area contributed by atoms with Crippen LogP contribution in [0.5, 0.6) is 0 Å². The van der Waals surface area contributed by atoms with Crippen molar-refractivity contribution in [2.75, 3.05) is 7.11 Å². The van der Waals surface area contributed by atoms with Crippen LogP contribution in [0, 0.1) is 0 Å². The molecule has 0 aliphatic carbocycles. The maximum absolute atomic E-state index is 11.4. The molecule has 0 unspecified atom stereocenters. The zero-order chi connectivity index (χ0) is 14.4. The predicted molar refractivity (Wildman–Crippen MR) is 80.4 cm³/mol. The number of carbonyl (C=O) groups excluding carboxylic acids is 1. The van der Waals surface area contributed by atoms with Gasteiger partial charge in [0.15, 0.2) is 0 Å². The number of hydrogen-bond donors (Lipinski definition) is 0. The maximum Gasteiger partial charge on any atom is 0.337 e. The van der Waals surface area contributed by atoms with Crippen LogP contribution < -0.4 is 0 Å². The molecule has 0 aliphatic rings. The van der Waals surface area contributed by atoms with E-state index < -0.39 is 0 Å². The Morgan fingerprint density at radius 2 is 1.85 bits per heavy atom. The molecule has 104 valence electrons. The van der Waals surface area contributed by atoms with Gasteiger partial charge in [-0.25, -0.2) is 4.79 Å². The molecule has 0 atom stereocenters. The number of halogens is 1. The van der Waals surface area contributed by atoms with Gasteiger partial charge < -0.3 is 9.47 Å². The molecule has 2 aromatic carbocycles. The molecule has 0 saturated heterocycles. The lowest BCUT2D eigenvalue weighted by Gasteiger charge is -2.08. The highest BCUT2D eigenvalue weighted by molar-refractivity contribution is 9.10. The molecule has 20 heavy (non-hydrogen) atoms. The molecule has 3 nitrogen and oxygen atoms in total. The van der Waals surface area contributed by atoms with E-state index in [1.54, 1.807) is 12.1 Å². The summed E-state index contributed by atoms with van der Waals surface area (Å²) in [5.41, 5.74) is 2.65. The van der Waals surface area contributed by atoms with Gasteiger partial charge in [0.2, 0.25) is 0 Å². The Hall–Kier alpha value is -1.65. The van der Waals surface area contributed by atoms with E-state index in [1.807, 2.05) is 36.4 Å². The minimum Gasteiger partial charge on any atom is -0.465 e. The molecule has 0 spiro atoms. The summed E-state index contributed by atoms with van der Waals surface area (Å²) in [5, 5.41) is 0. The lowest BCUT2D eigenvalue weighted by molar-refractivity contribution is 0.0600. The van der Waals surface area contributed by atoms with Gasteiger partial charge in [0.05, 0.1) is 25.9 Å². The van der Waals surface area contributed by atoms with Gasteiger partial charge in [0, 0.05) is 4.47 Å². The monoisotopic (exact) mass is 334 g/mol. The second-order valence-corrected chi connectivity index (χ2v) is 5.13. The highest BCUT2D eigenvalue weighted by Crippen LogP contribution is 2.20. The topological polar surface area (TPSA) is 35.5 Å².